The fourth-order valence-electron chi connectivity index (χ4n) is 1.48. The monoisotopic (exact) mass is 267 g/mol. The van der Waals surface area contributed by atoms with E-state index in [2.05, 4.69) is 33.7 Å². The molecule has 0 aromatic carbocycles. The lowest BCUT2D eigenvalue weighted by Crippen LogP contribution is -2.03. The van der Waals surface area contributed by atoms with Crippen LogP contribution >= 0.6 is 22.9 Å². The SMILES string of the molecule is CCCc1nc(Cl)cc(NCc2cccs2)n1. The average molecular weight is 268 g/mol. The first-order valence-electron chi connectivity index (χ1n) is 5.57. The minimum absolute atomic E-state index is 0.497. The van der Waals surface area contributed by atoms with Crippen LogP contribution in [0.4, 0.5) is 5.82 Å². The van der Waals surface area contributed by atoms with Crippen molar-refractivity contribution in [2.24, 2.45) is 0 Å². The van der Waals surface area contributed by atoms with Crippen molar-refractivity contribution in [3.05, 3.63) is 39.4 Å². The molecule has 1 N–H and O–H groups in total. The van der Waals surface area contributed by atoms with Crippen LogP contribution in [0.2, 0.25) is 5.15 Å². The van der Waals surface area contributed by atoms with Gasteiger partial charge in [0.05, 0.1) is 6.54 Å². The average Bonchev–Trinajstić information content (AvgIpc) is 2.79. The highest BCUT2D eigenvalue weighted by atomic mass is 35.5. The third kappa shape index (κ3) is 3.68. The number of hydrogen-bond acceptors (Lipinski definition) is 4. The van der Waals surface area contributed by atoms with Crippen LogP contribution in [0.25, 0.3) is 0 Å². The van der Waals surface area contributed by atoms with Crippen molar-refractivity contribution >= 4 is 28.8 Å². The second kappa shape index (κ2) is 5.98. The summed E-state index contributed by atoms with van der Waals surface area (Å²) in [6, 6.07) is 5.89. The molecule has 0 bridgehead atoms. The van der Waals surface area contributed by atoms with E-state index in [4.69, 9.17) is 11.6 Å². The Balaban J connectivity index is 2.04. The number of halogens is 1. The molecule has 0 saturated heterocycles. The standard InChI is InChI=1S/C12H14ClN3S/c1-2-4-11-15-10(13)7-12(16-11)14-8-9-5-3-6-17-9/h3,5-7H,2,4,8H2,1H3,(H,14,15,16). The summed E-state index contributed by atoms with van der Waals surface area (Å²) >= 11 is 7.68. The Morgan fingerprint density at radius 1 is 1.41 bits per heavy atom. The molecule has 2 aromatic rings. The van der Waals surface area contributed by atoms with Gasteiger partial charge in [0, 0.05) is 17.4 Å². The van der Waals surface area contributed by atoms with Gasteiger partial charge in [-0.15, -0.1) is 11.3 Å². The maximum absolute atomic E-state index is 5.96. The Kier molecular flexibility index (Phi) is 4.34. The number of aromatic nitrogens is 2. The summed E-state index contributed by atoms with van der Waals surface area (Å²) in [4.78, 5) is 9.88. The maximum Gasteiger partial charge on any atom is 0.134 e. The van der Waals surface area contributed by atoms with Gasteiger partial charge < -0.3 is 5.32 Å². The topological polar surface area (TPSA) is 37.8 Å². The summed E-state index contributed by atoms with van der Waals surface area (Å²) in [5, 5.41) is 5.82. The molecule has 2 rings (SSSR count). The van der Waals surface area contributed by atoms with Gasteiger partial charge in [-0.05, 0) is 17.9 Å². The van der Waals surface area contributed by atoms with E-state index >= 15 is 0 Å². The lowest BCUT2D eigenvalue weighted by molar-refractivity contribution is 0.834. The molecular formula is C12H14ClN3S. The van der Waals surface area contributed by atoms with E-state index < -0.39 is 0 Å². The third-order valence-corrected chi connectivity index (χ3v) is 3.31. The zero-order valence-electron chi connectivity index (χ0n) is 9.61. The summed E-state index contributed by atoms with van der Waals surface area (Å²) in [6.45, 7) is 2.87. The molecule has 90 valence electrons. The van der Waals surface area contributed by atoms with Crippen molar-refractivity contribution in [2.75, 3.05) is 5.32 Å². The Morgan fingerprint density at radius 2 is 2.29 bits per heavy atom. The first-order valence-corrected chi connectivity index (χ1v) is 6.83. The fraction of sp³-hybridized carbons (Fsp3) is 0.333. The minimum Gasteiger partial charge on any atom is -0.365 e. The zero-order chi connectivity index (χ0) is 12.1. The molecule has 2 aromatic heterocycles. The number of nitrogens with zero attached hydrogens (tertiary/aromatic N) is 2. The third-order valence-electron chi connectivity index (χ3n) is 2.24. The molecule has 3 nitrogen and oxygen atoms in total. The van der Waals surface area contributed by atoms with Gasteiger partial charge in [-0.3, -0.25) is 0 Å². The van der Waals surface area contributed by atoms with E-state index in [1.807, 2.05) is 6.07 Å². The highest BCUT2D eigenvalue weighted by Gasteiger charge is 2.02. The van der Waals surface area contributed by atoms with Gasteiger partial charge in [-0.2, -0.15) is 0 Å². The molecule has 0 aliphatic heterocycles. The van der Waals surface area contributed by atoms with E-state index in [1.165, 1.54) is 4.88 Å². The van der Waals surface area contributed by atoms with Crippen LogP contribution in [0, 0.1) is 0 Å². The van der Waals surface area contributed by atoms with Crippen LogP contribution in [0.1, 0.15) is 24.0 Å². The Morgan fingerprint density at radius 3 is 3.00 bits per heavy atom. The van der Waals surface area contributed by atoms with Crippen LogP contribution < -0.4 is 5.32 Å². The van der Waals surface area contributed by atoms with Gasteiger partial charge in [0.15, 0.2) is 0 Å². The molecule has 0 fully saturated rings. The molecule has 17 heavy (non-hydrogen) atoms. The molecule has 0 unspecified atom stereocenters. The molecular weight excluding hydrogens is 254 g/mol. The van der Waals surface area contributed by atoms with Gasteiger partial charge in [0.25, 0.3) is 0 Å². The summed E-state index contributed by atoms with van der Waals surface area (Å²) < 4.78 is 0. The molecule has 0 aliphatic rings. The fourth-order valence-corrected chi connectivity index (χ4v) is 2.33. The van der Waals surface area contributed by atoms with Crippen LogP contribution in [-0.4, -0.2) is 9.97 Å². The van der Waals surface area contributed by atoms with Crippen molar-refractivity contribution in [3.63, 3.8) is 0 Å². The van der Waals surface area contributed by atoms with Crippen LogP contribution in [-0.2, 0) is 13.0 Å². The number of aryl methyl sites for hydroxylation is 1. The lowest BCUT2D eigenvalue weighted by atomic mass is 10.3. The zero-order valence-corrected chi connectivity index (χ0v) is 11.2. The number of nitrogens with one attached hydrogen (secondary N) is 1. The summed E-state index contributed by atoms with van der Waals surface area (Å²) in [6.07, 6.45) is 1.87. The van der Waals surface area contributed by atoms with Crippen molar-refractivity contribution in [1.82, 2.24) is 9.97 Å². The normalized spacial score (nSPS) is 10.5. The van der Waals surface area contributed by atoms with Crippen LogP contribution in [0.5, 0.6) is 0 Å². The number of thiophene rings is 1. The molecule has 0 aliphatic carbocycles. The molecule has 0 amide bonds. The van der Waals surface area contributed by atoms with Gasteiger partial charge in [0.1, 0.15) is 16.8 Å². The van der Waals surface area contributed by atoms with Gasteiger partial charge in [0.2, 0.25) is 0 Å². The highest BCUT2D eigenvalue weighted by Crippen LogP contribution is 2.15. The first kappa shape index (κ1) is 12.3. The molecule has 0 saturated carbocycles. The van der Waals surface area contributed by atoms with Gasteiger partial charge >= 0.3 is 0 Å². The number of anilines is 1. The van der Waals surface area contributed by atoms with Crippen molar-refractivity contribution in [3.8, 4) is 0 Å². The summed E-state index contributed by atoms with van der Waals surface area (Å²) in [5.74, 6) is 1.59. The molecule has 5 heteroatoms. The van der Waals surface area contributed by atoms with Gasteiger partial charge in [-0.1, -0.05) is 24.6 Å². The smallest absolute Gasteiger partial charge is 0.134 e. The van der Waals surface area contributed by atoms with Crippen molar-refractivity contribution in [2.45, 2.75) is 26.3 Å². The van der Waals surface area contributed by atoms with Crippen LogP contribution in [0.15, 0.2) is 23.6 Å². The van der Waals surface area contributed by atoms with E-state index in [1.54, 1.807) is 17.4 Å². The minimum atomic E-state index is 0.497. The number of rotatable bonds is 5. The van der Waals surface area contributed by atoms with E-state index in [-0.39, 0.29) is 0 Å². The summed E-state index contributed by atoms with van der Waals surface area (Å²) in [7, 11) is 0. The van der Waals surface area contributed by atoms with E-state index in [0.29, 0.717) is 5.15 Å². The first-order chi connectivity index (χ1) is 8.28. The Labute approximate surface area is 110 Å². The second-order valence-electron chi connectivity index (χ2n) is 3.68. The second-order valence-corrected chi connectivity index (χ2v) is 5.09. The van der Waals surface area contributed by atoms with E-state index in [9.17, 15) is 0 Å². The Hall–Kier alpha value is -1.13. The Bertz CT molecular complexity index is 471. The molecule has 0 spiro atoms. The van der Waals surface area contributed by atoms with E-state index in [0.717, 1.165) is 31.0 Å². The van der Waals surface area contributed by atoms with Gasteiger partial charge in [-0.25, -0.2) is 9.97 Å². The van der Waals surface area contributed by atoms with Crippen molar-refractivity contribution in [1.29, 1.82) is 0 Å². The highest BCUT2D eigenvalue weighted by molar-refractivity contribution is 7.09. The molecule has 0 radical (unpaired) electrons. The van der Waals surface area contributed by atoms with Crippen molar-refractivity contribution < 1.29 is 0 Å². The van der Waals surface area contributed by atoms with Crippen LogP contribution in [0.3, 0.4) is 0 Å². The predicted molar refractivity (Wildman–Crippen MR) is 72.7 cm³/mol. The lowest BCUT2D eigenvalue weighted by Gasteiger charge is -2.06. The quantitative estimate of drug-likeness (QED) is 0.839. The molecule has 0 atom stereocenters. The largest absolute Gasteiger partial charge is 0.365 e. The molecule has 2 heterocycles. The summed E-state index contributed by atoms with van der Waals surface area (Å²) in [5.41, 5.74) is 0. The number of hydrogen-bond donors (Lipinski definition) is 1. The predicted octanol–water partition coefficient (Wildman–Crippen LogP) is 3.76. The maximum atomic E-state index is 5.96.